The highest BCUT2D eigenvalue weighted by Gasteiger charge is 2.31. The first-order valence-electron chi connectivity index (χ1n) is 10.5. The summed E-state index contributed by atoms with van der Waals surface area (Å²) in [5.41, 5.74) is 3.84. The normalized spacial score (nSPS) is 20.3. The van der Waals surface area contributed by atoms with Crippen molar-refractivity contribution in [3.8, 4) is 0 Å². The number of benzene rings is 2. The van der Waals surface area contributed by atoms with Gasteiger partial charge in [-0.3, -0.25) is 4.79 Å². The average Bonchev–Trinajstić information content (AvgIpc) is 2.74. The summed E-state index contributed by atoms with van der Waals surface area (Å²) in [6, 6.07) is 19.1. The number of fused-ring (bicyclic) bond motifs is 1. The molecule has 0 aromatic heterocycles. The summed E-state index contributed by atoms with van der Waals surface area (Å²) in [6.45, 7) is 2.22. The summed E-state index contributed by atoms with van der Waals surface area (Å²) in [7, 11) is 0. The van der Waals surface area contributed by atoms with Gasteiger partial charge in [0.2, 0.25) is 5.91 Å². The molecule has 1 atom stereocenters. The predicted molar refractivity (Wildman–Crippen MR) is 110 cm³/mol. The maximum atomic E-state index is 13.1. The largest absolute Gasteiger partial charge is 0.330 e. The van der Waals surface area contributed by atoms with Crippen molar-refractivity contribution < 1.29 is 4.79 Å². The zero-order chi connectivity index (χ0) is 18.5. The van der Waals surface area contributed by atoms with E-state index in [4.69, 9.17) is 0 Å². The third-order valence-corrected chi connectivity index (χ3v) is 6.15. The summed E-state index contributed by atoms with van der Waals surface area (Å²) in [5.74, 6) is 0.965. The van der Waals surface area contributed by atoms with Crippen LogP contribution in [-0.2, 0) is 11.2 Å². The monoisotopic (exact) mass is 362 g/mol. The minimum Gasteiger partial charge on any atom is -0.330 e. The maximum Gasteiger partial charge on any atom is 0.237 e. The average molecular weight is 363 g/mol. The fraction of sp³-hybridized carbons (Fsp3) is 0.458. The van der Waals surface area contributed by atoms with E-state index < -0.39 is 0 Å². The standard InChI is InChI=1S/C24H30N2O/c27-23(18-25-17-19-9-3-1-4-10-19)26-16-15-20-11-7-8-14-22(20)24(26)21-12-5-2-6-13-21/h2,5-8,11-14,19,24-25H,1,3-4,9-10,15-18H2. The van der Waals surface area contributed by atoms with Crippen molar-refractivity contribution in [1.29, 1.82) is 0 Å². The number of nitrogens with one attached hydrogen (secondary N) is 1. The molecule has 1 amide bonds. The lowest BCUT2D eigenvalue weighted by molar-refractivity contribution is -0.132. The van der Waals surface area contributed by atoms with E-state index in [2.05, 4.69) is 58.7 Å². The smallest absolute Gasteiger partial charge is 0.237 e. The quantitative estimate of drug-likeness (QED) is 0.858. The third kappa shape index (κ3) is 4.24. The molecule has 0 saturated heterocycles. The lowest BCUT2D eigenvalue weighted by Gasteiger charge is -2.38. The first kappa shape index (κ1) is 18.2. The molecule has 4 rings (SSSR count). The Labute approximate surface area is 162 Å². The number of carbonyl (C=O) groups excluding carboxylic acids is 1. The Morgan fingerprint density at radius 3 is 2.52 bits per heavy atom. The zero-order valence-corrected chi connectivity index (χ0v) is 16.1. The molecule has 1 fully saturated rings. The molecule has 1 unspecified atom stereocenters. The van der Waals surface area contributed by atoms with Gasteiger partial charge in [-0.1, -0.05) is 73.9 Å². The SMILES string of the molecule is O=C(CNCC1CCCCC1)N1CCc2ccccc2C1c1ccccc1. The Morgan fingerprint density at radius 1 is 0.963 bits per heavy atom. The van der Waals surface area contributed by atoms with E-state index in [-0.39, 0.29) is 11.9 Å². The second-order valence-electron chi connectivity index (χ2n) is 7.98. The van der Waals surface area contributed by atoms with Crippen LogP contribution in [0.5, 0.6) is 0 Å². The molecular formula is C24H30N2O. The Balaban J connectivity index is 1.47. The Bertz CT molecular complexity index is 752. The van der Waals surface area contributed by atoms with E-state index in [9.17, 15) is 4.79 Å². The van der Waals surface area contributed by atoms with Crippen LogP contribution in [0.25, 0.3) is 0 Å². The van der Waals surface area contributed by atoms with Gasteiger partial charge in [0.25, 0.3) is 0 Å². The molecule has 3 nitrogen and oxygen atoms in total. The van der Waals surface area contributed by atoms with Crippen molar-refractivity contribution in [1.82, 2.24) is 10.2 Å². The summed E-state index contributed by atoms with van der Waals surface area (Å²) in [4.78, 5) is 15.2. The zero-order valence-electron chi connectivity index (χ0n) is 16.1. The van der Waals surface area contributed by atoms with Crippen molar-refractivity contribution in [3.05, 3.63) is 71.3 Å². The molecule has 142 valence electrons. The third-order valence-electron chi connectivity index (χ3n) is 6.15. The van der Waals surface area contributed by atoms with Gasteiger partial charge in [-0.05, 0) is 48.4 Å². The van der Waals surface area contributed by atoms with Gasteiger partial charge < -0.3 is 10.2 Å². The molecule has 1 N–H and O–H groups in total. The van der Waals surface area contributed by atoms with Crippen molar-refractivity contribution in [2.45, 2.75) is 44.6 Å². The van der Waals surface area contributed by atoms with Crippen LogP contribution < -0.4 is 5.32 Å². The topological polar surface area (TPSA) is 32.3 Å². The predicted octanol–water partition coefficient (Wildman–Crippen LogP) is 4.33. The van der Waals surface area contributed by atoms with Crippen molar-refractivity contribution in [2.24, 2.45) is 5.92 Å². The molecule has 0 bridgehead atoms. The summed E-state index contributed by atoms with van der Waals surface area (Å²) >= 11 is 0. The molecule has 2 aromatic carbocycles. The number of amides is 1. The van der Waals surface area contributed by atoms with Crippen LogP contribution >= 0.6 is 0 Å². The van der Waals surface area contributed by atoms with Crippen LogP contribution in [0.3, 0.4) is 0 Å². The summed E-state index contributed by atoms with van der Waals surface area (Å²) in [6.07, 6.45) is 7.63. The molecule has 0 spiro atoms. The van der Waals surface area contributed by atoms with Crippen molar-refractivity contribution in [2.75, 3.05) is 19.6 Å². The molecule has 1 heterocycles. The molecule has 2 aromatic rings. The van der Waals surface area contributed by atoms with E-state index in [0.29, 0.717) is 6.54 Å². The van der Waals surface area contributed by atoms with Crippen LogP contribution in [0.1, 0.15) is 54.8 Å². The van der Waals surface area contributed by atoms with Gasteiger partial charge in [0.05, 0.1) is 12.6 Å². The highest BCUT2D eigenvalue weighted by molar-refractivity contribution is 5.79. The van der Waals surface area contributed by atoms with E-state index in [0.717, 1.165) is 25.4 Å². The van der Waals surface area contributed by atoms with Crippen LogP contribution in [0.2, 0.25) is 0 Å². The van der Waals surface area contributed by atoms with Gasteiger partial charge in [0.1, 0.15) is 0 Å². The van der Waals surface area contributed by atoms with Gasteiger partial charge in [-0.2, -0.15) is 0 Å². The molecule has 3 heteroatoms. The van der Waals surface area contributed by atoms with E-state index in [1.165, 1.54) is 48.8 Å². The second kappa shape index (κ2) is 8.71. The molecule has 2 aliphatic rings. The molecule has 1 aliphatic heterocycles. The van der Waals surface area contributed by atoms with E-state index in [1.54, 1.807) is 0 Å². The molecule has 0 radical (unpaired) electrons. The first-order chi connectivity index (χ1) is 13.3. The van der Waals surface area contributed by atoms with Gasteiger partial charge in [0, 0.05) is 6.54 Å². The minimum absolute atomic E-state index is 0.0279. The lowest BCUT2D eigenvalue weighted by Crippen LogP contribution is -2.45. The van der Waals surface area contributed by atoms with E-state index in [1.807, 2.05) is 6.07 Å². The number of hydrogen-bond acceptors (Lipinski definition) is 2. The summed E-state index contributed by atoms with van der Waals surface area (Å²) < 4.78 is 0. The highest BCUT2D eigenvalue weighted by atomic mass is 16.2. The fourth-order valence-corrected chi connectivity index (χ4v) is 4.71. The van der Waals surface area contributed by atoms with Crippen LogP contribution in [-0.4, -0.2) is 30.4 Å². The second-order valence-corrected chi connectivity index (χ2v) is 7.98. The Kier molecular flexibility index (Phi) is 5.88. The minimum atomic E-state index is 0.0279. The molecular weight excluding hydrogens is 332 g/mol. The highest BCUT2D eigenvalue weighted by Crippen LogP contribution is 2.35. The van der Waals surface area contributed by atoms with Gasteiger partial charge in [-0.15, -0.1) is 0 Å². The maximum absolute atomic E-state index is 13.1. The van der Waals surface area contributed by atoms with Crippen molar-refractivity contribution >= 4 is 5.91 Å². The molecule has 1 saturated carbocycles. The van der Waals surface area contributed by atoms with Gasteiger partial charge in [0.15, 0.2) is 0 Å². The summed E-state index contributed by atoms with van der Waals surface area (Å²) in [5, 5.41) is 3.46. The van der Waals surface area contributed by atoms with Crippen LogP contribution in [0, 0.1) is 5.92 Å². The Hall–Kier alpha value is -2.13. The van der Waals surface area contributed by atoms with Crippen molar-refractivity contribution in [3.63, 3.8) is 0 Å². The van der Waals surface area contributed by atoms with Crippen LogP contribution in [0.4, 0.5) is 0 Å². The number of nitrogens with zero attached hydrogens (tertiary/aromatic N) is 1. The van der Waals surface area contributed by atoms with Gasteiger partial charge in [-0.25, -0.2) is 0 Å². The lowest BCUT2D eigenvalue weighted by atomic mass is 9.88. The Morgan fingerprint density at radius 2 is 1.70 bits per heavy atom. The number of hydrogen-bond donors (Lipinski definition) is 1. The van der Waals surface area contributed by atoms with E-state index >= 15 is 0 Å². The van der Waals surface area contributed by atoms with Gasteiger partial charge >= 0.3 is 0 Å². The van der Waals surface area contributed by atoms with Crippen LogP contribution in [0.15, 0.2) is 54.6 Å². The molecule has 1 aliphatic carbocycles. The fourth-order valence-electron chi connectivity index (χ4n) is 4.71. The number of rotatable bonds is 5. The first-order valence-corrected chi connectivity index (χ1v) is 10.5. The number of carbonyl (C=O) groups is 1. The molecule has 27 heavy (non-hydrogen) atoms.